The number of nitrogens with zero attached hydrogens (tertiary/aromatic N) is 5. The van der Waals surface area contributed by atoms with Gasteiger partial charge >= 0.3 is 0 Å². The van der Waals surface area contributed by atoms with Gasteiger partial charge in [-0.1, -0.05) is 12.1 Å². The zero-order valence-electron chi connectivity index (χ0n) is 15.2. The summed E-state index contributed by atoms with van der Waals surface area (Å²) in [6.07, 6.45) is 10.1. The van der Waals surface area contributed by atoms with Gasteiger partial charge in [0.25, 0.3) is 0 Å². The summed E-state index contributed by atoms with van der Waals surface area (Å²) in [6.45, 7) is 2.24. The van der Waals surface area contributed by atoms with Crippen molar-refractivity contribution in [2.75, 3.05) is 24.5 Å². The van der Waals surface area contributed by atoms with Crippen molar-refractivity contribution in [3.05, 3.63) is 48.6 Å². The van der Waals surface area contributed by atoms with E-state index in [0.717, 1.165) is 50.1 Å². The van der Waals surface area contributed by atoms with E-state index >= 15 is 0 Å². The maximum Gasteiger partial charge on any atom is 0.246 e. The molecule has 0 atom stereocenters. The number of carbonyl (C=O) groups excluding carboxylic acids is 2. The molecule has 1 aromatic carbocycles. The minimum Gasteiger partial charge on any atom is -0.339 e. The van der Waals surface area contributed by atoms with Gasteiger partial charge < -0.3 is 9.80 Å². The summed E-state index contributed by atoms with van der Waals surface area (Å²) < 4.78 is 1.88. The quantitative estimate of drug-likeness (QED) is 0.780. The van der Waals surface area contributed by atoms with Gasteiger partial charge in [-0.05, 0) is 43.0 Å². The topological polar surface area (TPSA) is 71.3 Å². The number of hydrogen-bond donors (Lipinski definition) is 0. The molecule has 0 aliphatic carbocycles. The molecule has 27 heavy (non-hydrogen) atoms. The Morgan fingerprint density at radius 1 is 1.11 bits per heavy atom. The highest BCUT2D eigenvalue weighted by molar-refractivity contribution is 5.95. The van der Waals surface area contributed by atoms with Crippen molar-refractivity contribution in [1.82, 2.24) is 19.7 Å². The fourth-order valence-electron chi connectivity index (χ4n) is 3.72. The van der Waals surface area contributed by atoms with E-state index in [-0.39, 0.29) is 11.8 Å². The number of rotatable bonds is 4. The standard InChI is InChI=1S/C20H23N5O2/c26-19(23-12-9-18(10-13-23)25-15-21-14-22-25)8-5-16-3-6-17(7-4-16)24-11-1-2-20(24)27/h3-8,14-15,18H,1-2,9-13H2/b8-5-. The van der Waals surface area contributed by atoms with E-state index in [2.05, 4.69) is 10.1 Å². The Kier molecular flexibility index (Phi) is 5.00. The van der Waals surface area contributed by atoms with E-state index in [4.69, 9.17) is 0 Å². The lowest BCUT2D eigenvalue weighted by molar-refractivity contribution is -0.127. The molecule has 140 valence electrons. The third kappa shape index (κ3) is 3.92. The summed E-state index contributed by atoms with van der Waals surface area (Å²) in [7, 11) is 0. The Bertz CT molecular complexity index is 821. The van der Waals surface area contributed by atoms with Crippen LogP contribution in [0.5, 0.6) is 0 Å². The molecule has 0 bridgehead atoms. The molecule has 0 unspecified atom stereocenters. The molecule has 0 N–H and O–H groups in total. The number of hydrogen-bond acceptors (Lipinski definition) is 4. The average molecular weight is 365 g/mol. The van der Waals surface area contributed by atoms with Crippen LogP contribution in [0.4, 0.5) is 5.69 Å². The van der Waals surface area contributed by atoms with Crippen molar-refractivity contribution in [1.29, 1.82) is 0 Å². The molecule has 2 aliphatic heterocycles. The summed E-state index contributed by atoms with van der Waals surface area (Å²) in [4.78, 5) is 31.9. The van der Waals surface area contributed by atoms with Crippen molar-refractivity contribution < 1.29 is 9.59 Å². The molecule has 2 aromatic rings. The van der Waals surface area contributed by atoms with Gasteiger partial charge in [-0.2, -0.15) is 5.10 Å². The van der Waals surface area contributed by atoms with Crippen molar-refractivity contribution in [3.63, 3.8) is 0 Å². The number of likely N-dealkylation sites (tertiary alicyclic amines) is 1. The van der Waals surface area contributed by atoms with E-state index in [1.165, 1.54) is 0 Å². The Hall–Kier alpha value is -2.96. The first-order valence-corrected chi connectivity index (χ1v) is 9.42. The van der Waals surface area contributed by atoms with Crippen LogP contribution in [-0.2, 0) is 9.59 Å². The molecule has 0 radical (unpaired) electrons. The molecule has 7 heteroatoms. The first-order chi connectivity index (χ1) is 13.2. The molecular weight excluding hydrogens is 342 g/mol. The van der Waals surface area contributed by atoms with Crippen LogP contribution in [0.2, 0.25) is 0 Å². The van der Waals surface area contributed by atoms with Crippen LogP contribution in [0.15, 0.2) is 43.0 Å². The summed E-state index contributed by atoms with van der Waals surface area (Å²) >= 11 is 0. The molecule has 2 fully saturated rings. The summed E-state index contributed by atoms with van der Waals surface area (Å²) in [5.74, 6) is 0.216. The molecule has 1 aromatic heterocycles. The second-order valence-corrected chi connectivity index (χ2v) is 7.01. The molecule has 2 aliphatic rings. The lowest BCUT2D eigenvalue weighted by Crippen LogP contribution is -2.38. The SMILES string of the molecule is O=C(/C=C\c1ccc(N2CCCC2=O)cc1)N1CCC(n2cncn2)CC1. The molecule has 4 rings (SSSR count). The number of anilines is 1. The van der Waals surface area contributed by atoms with E-state index in [0.29, 0.717) is 12.5 Å². The van der Waals surface area contributed by atoms with Crippen molar-refractivity contribution in [3.8, 4) is 0 Å². The van der Waals surface area contributed by atoms with Crippen LogP contribution in [-0.4, -0.2) is 51.1 Å². The van der Waals surface area contributed by atoms with Crippen LogP contribution < -0.4 is 4.90 Å². The van der Waals surface area contributed by atoms with E-state index in [9.17, 15) is 9.59 Å². The van der Waals surface area contributed by atoms with Crippen LogP contribution >= 0.6 is 0 Å². The van der Waals surface area contributed by atoms with Crippen molar-refractivity contribution >= 4 is 23.6 Å². The average Bonchev–Trinajstić information content (AvgIpc) is 3.39. The predicted octanol–water partition coefficient (Wildman–Crippen LogP) is 2.28. The summed E-state index contributed by atoms with van der Waals surface area (Å²) in [6, 6.07) is 8.10. The predicted molar refractivity (Wildman–Crippen MR) is 102 cm³/mol. The number of amides is 2. The highest BCUT2D eigenvalue weighted by Gasteiger charge is 2.23. The Balaban J connectivity index is 1.31. The lowest BCUT2D eigenvalue weighted by atomic mass is 10.1. The van der Waals surface area contributed by atoms with Crippen LogP contribution in [0.3, 0.4) is 0 Å². The highest BCUT2D eigenvalue weighted by atomic mass is 16.2. The number of aromatic nitrogens is 3. The second-order valence-electron chi connectivity index (χ2n) is 7.01. The molecule has 0 saturated carbocycles. The number of carbonyl (C=O) groups is 2. The maximum absolute atomic E-state index is 12.4. The van der Waals surface area contributed by atoms with Gasteiger partial charge in [0, 0.05) is 37.8 Å². The smallest absolute Gasteiger partial charge is 0.246 e. The second kappa shape index (κ2) is 7.73. The molecule has 7 nitrogen and oxygen atoms in total. The molecule has 3 heterocycles. The summed E-state index contributed by atoms with van der Waals surface area (Å²) in [5.41, 5.74) is 1.88. The molecule has 2 amide bonds. The monoisotopic (exact) mass is 365 g/mol. The van der Waals surface area contributed by atoms with Crippen LogP contribution in [0.25, 0.3) is 6.08 Å². The van der Waals surface area contributed by atoms with Gasteiger partial charge in [-0.25, -0.2) is 9.67 Å². The normalized spacial score (nSPS) is 18.6. The Morgan fingerprint density at radius 3 is 2.52 bits per heavy atom. The Labute approximate surface area is 158 Å². The fourth-order valence-corrected chi connectivity index (χ4v) is 3.72. The van der Waals surface area contributed by atoms with Crippen molar-refractivity contribution in [2.24, 2.45) is 0 Å². The van der Waals surface area contributed by atoms with Crippen molar-refractivity contribution in [2.45, 2.75) is 31.7 Å². The van der Waals surface area contributed by atoms with Gasteiger partial charge in [-0.3, -0.25) is 9.59 Å². The third-order valence-electron chi connectivity index (χ3n) is 5.28. The largest absolute Gasteiger partial charge is 0.339 e. The van der Waals surface area contributed by atoms with E-state index < -0.39 is 0 Å². The first kappa shape index (κ1) is 17.5. The van der Waals surface area contributed by atoms with Crippen LogP contribution in [0.1, 0.15) is 37.3 Å². The van der Waals surface area contributed by atoms with Gasteiger partial charge in [0.1, 0.15) is 12.7 Å². The zero-order valence-corrected chi connectivity index (χ0v) is 15.2. The molecule has 2 saturated heterocycles. The van der Waals surface area contributed by atoms with E-state index in [1.54, 1.807) is 18.7 Å². The maximum atomic E-state index is 12.4. The zero-order chi connectivity index (χ0) is 18.6. The van der Waals surface area contributed by atoms with Gasteiger partial charge in [-0.15, -0.1) is 0 Å². The van der Waals surface area contributed by atoms with Gasteiger partial charge in [0.05, 0.1) is 6.04 Å². The first-order valence-electron chi connectivity index (χ1n) is 9.42. The minimum atomic E-state index is 0.0332. The lowest BCUT2D eigenvalue weighted by Gasteiger charge is -2.31. The molecule has 0 spiro atoms. The summed E-state index contributed by atoms with van der Waals surface area (Å²) in [5, 5.41) is 4.19. The third-order valence-corrected chi connectivity index (χ3v) is 5.28. The van der Waals surface area contributed by atoms with Gasteiger partial charge in [0.15, 0.2) is 0 Å². The van der Waals surface area contributed by atoms with E-state index in [1.807, 2.05) is 44.8 Å². The Morgan fingerprint density at radius 2 is 1.89 bits per heavy atom. The number of benzene rings is 1. The molecular formula is C20H23N5O2. The fraction of sp³-hybridized carbons (Fsp3) is 0.400. The van der Waals surface area contributed by atoms with Crippen LogP contribution in [0, 0.1) is 0 Å². The minimum absolute atomic E-state index is 0.0332. The number of piperidine rings is 1. The van der Waals surface area contributed by atoms with Gasteiger partial charge in [0.2, 0.25) is 11.8 Å². The highest BCUT2D eigenvalue weighted by Crippen LogP contribution is 2.23.